The van der Waals surface area contributed by atoms with Crippen molar-refractivity contribution >= 4 is 18.3 Å². The molecule has 2 aliphatic carbocycles. The van der Waals surface area contributed by atoms with Gasteiger partial charge in [-0.15, -0.1) is 12.4 Å². The largest absolute Gasteiger partial charge is 0.342 e. The summed E-state index contributed by atoms with van der Waals surface area (Å²) >= 11 is 0. The Hall–Kier alpha value is -0.280. The number of carbonyl (C=O) groups is 1. The fourth-order valence-electron chi connectivity index (χ4n) is 4.82. The predicted molar refractivity (Wildman–Crippen MR) is 77.3 cm³/mol. The number of rotatable bonds is 1. The number of hydrogen-bond acceptors (Lipinski definition) is 2. The van der Waals surface area contributed by atoms with Crippen molar-refractivity contribution in [2.24, 2.45) is 23.2 Å². The Morgan fingerprint density at radius 3 is 2.37 bits per heavy atom. The van der Waals surface area contributed by atoms with Crippen LogP contribution >= 0.6 is 12.4 Å². The van der Waals surface area contributed by atoms with Gasteiger partial charge in [-0.3, -0.25) is 4.79 Å². The summed E-state index contributed by atoms with van der Waals surface area (Å²) < 4.78 is 0. The number of halogens is 1. The molecule has 2 unspecified atom stereocenters. The third kappa shape index (κ3) is 2.19. The SMILES string of the molecule is Cl.O=C(C1C2CCCC21)N1CCC2(CCNC2)CC1. The van der Waals surface area contributed by atoms with Gasteiger partial charge in [0.15, 0.2) is 0 Å². The maximum absolute atomic E-state index is 12.5. The molecule has 108 valence electrons. The third-order valence-corrected chi connectivity index (χ3v) is 6.16. The first-order chi connectivity index (χ1) is 8.79. The van der Waals surface area contributed by atoms with Crippen LogP contribution in [-0.4, -0.2) is 37.0 Å². The van der Waals surface area contributed by atoms with E-state index >= 15 is 0 Å². The molecular weight excluding hydrogens is 260 g/mol. The van der Waals surface area contributed by atoms with Crippen molar-refractivity contribution < 1.29 is 4.79 Å². The van der Waals surface area contributed by atoms with E-state index in [-0.39, 0.29) is 12.4 Å². The van der Waals surface area contributed by atoms with Gasteiger partial charge in [-0.2, -0.15) is 0 Å². The van der Waals surface area contributed by atoms with Gasteiger partial charge in [0.25, 0.3) is 0 Å². The van der Waals surface area contributed by atoms with Crippen LogP contribution in [0.5, 0.6) is 0 Å². The van der Waals surface area contributed by atoms with Crippen molar-refractivity contribution in [2.75, 3.05) is 26.2 Å². The molecule has 2 heterocycles. The van der Waals surface area contributed by atoms with Crippen LogP contribution in [0.1, 0.15) is 38.5 Å². The van der Waals surface area contributed by atoms with Crippen molar-refractivity contribution in [1.82, 2.24) is 10.2 Å². The second kappa shape index (κ2) is 4.92. The number of nitrogens with zero attached hydrogens (tertiary/aromatic N) is 1. The molecule has 0 aromatic rings. The van der Waals surface area contributed by atoms with Crippen LogP contribution in [0, 0.1) is 23.2 Å². The maximum Gasteiger partial charge on any atom is 0.226 e. The molecule has 4 heteroatoms. The van der Waals surface area contributed by atoms with E-state index in [1.807, 2.05) is 0 Å². The molecule has 0 radical (unpaired) electrons. The summed E-state index contributed by atoms with van der Waals surface area (Å²) in [5.41, 5.74) is 0.538. The number of likely N-dealkylation sites (tertiary alicyclic amines) is 1. The van der Waals surface area contributed by atoms with Gasteiger partial charge in [0.2, 0.25) is 5.91 Å². The highest BCUT2D eigenvalue weighted by molar-refractivity contribution is 5.85. The average molecular weight is 285 g/mol. The smallest absolute Gasteiger partial charge is 0.226 e. The summed E-state index contributed by atoms with van der Waals surface area (Å²) in [4.78, 5) is 14.7. The van der Waals surface area contributed by atoms with Gasteiger partial charge in [-0.05, 0) is 55.9 Å². The lowest BCUT2D eigenvalue weighted by Crippen LogP contribution is -2.45. The topological polar surface area (TPSA) is 32.3 Å². The Morgan fingerprint density at radius 1 is 1.11 bits per heavy atom. The van der Waals surface area contributed by atoms with Gasteiger partial charge in [0.05, 0.1) is 0 Å². The number of nitrogens with one attached hydrogen (secondary N) is 1. The molecule has 1 N–H and O–H groups in total. The molecule has 4 fully saturated rings. The molecule has 4 rings (SSSR count). The lowest BCUT2D eigenvalue weighted by molar-refractivity contribution is -0.135. The normalized spacial score (nSPS) is 38.9. The second-order valence-electron chi connectivity index (χ2n) is 7.04. The summed E-state index contributed by atoms with van der Waals surface area (Å²) in [6, 6.07) is 0. The van der Waals surface area contributed by atoms with Crippen LogP contribution in [0.4, 0.5) is 0 Å². The van der Waals surface area contributed by atoms with Gasteiger partial charge >= 0.3 is 0 Å². The number of fused-ring (bicyclic) bond motifs is 1. The van der Waals surface area contributed by atoms with Crippen LogP contribution in [0.3, 0.4) is 0 Å². The minimum Gasteiger partial charge on any atom is -0.342 e. The molecule has 4 aliphatic rings. The number of hydrogen-bond donors (Lipinski definition) is 1. The third-order valence-electron chi connectivity index (χ3n) is 6.16. The lowest BCUT2D eigenvalue weighted by atomic mass is 9.78. The maximum atomic E-state index is 12.5. The first-order valence-electron chi connectivity index (χ1n) is 7.79. The second-order valence-corrected chi connectivity index (χ2v) is 7.04. The van der Waals surface area contributed by atoms with E-state index in [0.29, 0.717) is 17.2 Å². The molecule has 19 heavy (non-hydrogen) atoms. The van der Waals surface area contributed by atoms with Crippen LogP contribution < -0.4 is 5.32 Å². The number of piperidine rings is 1. The summed E-state index contributed by atoms with van der Waals surface area (Å²) in [5, 5.41) is 3.49. The van der Waals surface area contributed by atoms with Crippen molar-refractivity contribution in [3.8, 4) is 0 Å². The number of carbonyl (C=O) groups excluding carboxylic acids is 1. The van der Waals surface area contributed by atoms with Gasteiger partial charge < -0.3 is 10.2 Å². The predicted octanol–water partition coefficient (Wildman–Crippen LogP) is 2.06. The zero-order valence-corrected chi connectivity index (χ0v) is 12.4. The summed E-state index contributed by atoms with van der Waals surface area (Å²) in [6.07, 6.45) is 7.80. The van der Waals surface area contributed by atoms with Crippen LogP contribution in [0.2, 0.25) is 0 Å². The van der Waals surface area contributed by atoms with Gasteiger partial charge in [0.1, 0.15) is 0 Å². The Balaban J connectivity index is 0.00000110. The average Bonchev–Trinajstić information content (AvgIpc) is 2.79. The van der Waals surface area contributed by atoms with E-state index in [4.69, 9.17) is 0 Å². The van der Waals surface area contributed by atoms with E-state index in [0.717, 1.165) is 24.9 Å². The highest BCUT2D eigenvalue weighted by atomic mass is 35.5. The fraction of sp³-hybridized carbons (Fsp3) is 0.933. The zero-order chi connectivity index (χ0) is 12.2. The van der Waals surface area contributed by atoms with E-state index in [1.165, 1.54) is 51.6 Å². The quantitative estimate of drug-likeness (QED) is 0.799. The van der Waals surface area contributed by atoms with Crippen molar-refractivity contribution in [1.29, 1.82) is 0 Å². The van der Waals surface area contributed by atoms with E-state index in [9.17, 15) is 4.79 Å². The Bertz CT molecular complexity index is 347. The molecule has 0 aromatic heterocycles. The molecule has 2 aliphatic heterocycles. The van der Waals surface area contributed by atoms with Gasteiger partial charge in [-0.25, -0.2) is 0 Å². The Kier molecular flexibility index (Phi) is 3.55. The Morgan fingerprint density at radius 2 is 1.79 bits per heavy atom. The van der Waals surface area contributed by atoms with Gasteiger partial charge in [0, 0.05) is 25.6 Å². The van der Waals surface area contributed by atoms with E-state index < -0.39 is 0 Å². The Labute approximate surface area is 121 Å². The fourth-order valence-corrected chi connectivity index (χ4v) is 4.82. The molecule has 2 saturated carbocycles. The minimum atomic E-state index is 0. The van der Waals surface area contributed by atoms with Crippen molar-refractivity contribution in [2.45, 2.75) is 38.5 Å². The molecule has 1 spiro atoms. The highest BCUT2D eigenvalue weighted by Gasteiger charge is 2.57. The van der Waals surface area contributed by atoms with Crippen molar-refractivity contribution in [3.63, 3.8) is 0 Å². The molecule has 2 atom stereocenters. The lowest BCUT2D eigenvalue weighted by Gasteiger charge is -2.39. The molecule has 1 amide bonds. The van der Waals surface area contributed by atoms with E-state index in [2.05, 4.69) is 10.2 Å². The highest BCUT2D eigenvalue weighted by Crippen LogP contribution is 2.58. The van der Waals surface area contributed by atoms with Crippen LogP contribution in [-0.2, 0) is 4.79 Å². The molecule has 2 saturated heterocycles. The monoisotopic (exact) mass is 284 g/mol. The van der Waals surface area contributed by atoms with Crippen LogP contribution in [0.25, 0.3) is 0 Å². The zero-order valence-electron chi connectivity index (χ0n) is 11.6. The molecular formula is C15H25ClN2O. The standard InChI is InChI=1S/C15H24N2O.ClH/c18-14(13-11-2-1-3-12(11)13)17-8-5-15(6-9-17)4-7-16-10-15;/h11-13,16H,1-10H2;1H. The first-order valence-corrected chi connectivity index (χ1v) is 7.79. The molecule has 0 aromatic carbocycles. The molecule has 3 nitrogen and oxygen atoms in total. The number of amides is 1. The van der Waals surface area contributed by atoms with E-state index in [1.54, 1.807) is 0 Å². The van der Waals surface area contributed by atoms with Crippen molar-refractivity contribution in [3.05, 3.63) is 0 Å². The van der Waals surface area contributed by atoms with Gasteiger partial charge in [-0.1, -0.05) is 6.42 Å². The molecule has 0 bridgehead atoms. The summed E-state index contributed by atoms with van der Waals surface area (Å²) in [7, 11) is 0. The first kappa shape index (κ1) is 13.7. The van der Waals surface area contributed by atoms with Crippen LogP contribution in [0.15, 0.2) is 0 Å². The summed E-state index contributed by atoms with van der Waals surface area (Å²) in [6.45, 7) is 4.41. The minimum absolute atomic E-state index is 0. The summed E-state index contributed by atoms with van der Waals surface area (Å²) in [5.74, 6) is 2.50.